The Balaban J connectivity index is 2.28. The smallest absolute Gasteiger partial charge is 0.246 e. The standard InChI is InChI=1S/C12H21N5O2S/c1-10-9-16(3)5-4-6-17(10)20(18,19)11-7-14-12(13-2)15-8-11/h7-8,10H,4-6,9H2,1-3H3,(H,13,14,15). The first-order chi connectivity index (χ1) is 9.45. The number of anilines is 1. The van der Waals surface area contributed by atoms with Gasteiger partial charge in [0.15, 0.2) is 0 Å². The summed E-state index contributed by atoms with van der Waals surface area (Å²) in [6, 6.07) is -0.0588. The van der Waals surface area contributed by atoms with Crippen LogP contribution in [0, 0.1) is 0 Å². The predicted octanol–water partition coefficient (Wildman–Crippen LogP) is 0.233. The van der Waals surface area contributed by atoms with E-state index in [1.807, 2.05) is 14.0 Å². The number of nitrogens with zero attached hydrogens (tertiary/aromatic N) is 4. The molecule has 0 spiro atoms. The van der Waals surface area contributed by atoms with Crippen LogP contribution in [0.1, 0.15) is 13.3 Å². The molecule has 8 heteroatoms. The van der Waals surface area contributed by atoms with Crippen LogP contribution < -0.4 is 5.32 Å². The minimum Gasteiger partial charge on any atom is -0.357 e. The lowest BCUT2D eigenvalue weighted by Crippen LogP contribution is -2.41. The highest BCUT2D eigenvalue weighted by Crippen LogP contribution is 2.20. The van der Waals surface area contributed by atoms with Crippen LogP contribution in [-0.2, 0) is 10.0 Å². The van der Waals surface area contributed by atoms with Gasteiger partial charge in [0.25, 0.3) is 0 Å². The number of hydrogen-bond donors (Lipinski definition) is 1. The van der Waals surface area contributed by atoms with E-state index in [-0.39, 0.29) is 10.9 Å². The third-order valence-electron chi connectivity index (χ3n) is 3.44. The first-order valence-electron chi connectivity index (χ1n) is 6.65. The van der Waals surface area contributed by atoms with Gasteiger partial charge in [-0.1, -0.05) is 0 Å². The van der Waals surface area contributed by atoms with E-state index < -0.39 is 10.0 Å². The maximum Gasteiger partial charge on any atom is 0.246 e. The molecule has 1 N–H and O–H groups in total. The van der Waals surface area contributed by atoms with E-state index in [2.05, 4.69) is 20.2 Å². The second-order valence-corrected chi connectivity index (χ2v) is 6.96. The van der Waals surface area contributed by atoms with Gasteiger partial charge in [0, 0.05) is 26.2 Å². The lowest BCUT2D eigenvalue weighted by atomic mass is 10.3. The molecule has 2 heterocycles. The first kappa shape index (κ1) is 15.1. The number of likely N-dealkylation sites (N-methyl/N-ethyl adjacent to an activating group) is 1. The van der Waals surface area contributed by atoms with Gasteiger partial charge in [0.1, 0.15) is 4.90 Å². The molecule has 7 nitrogen and oxygen atoms in total. The van der Waals surface area contributed by atoms with Crippen molar-refractivity contribution in [1.82, 2.24) is 19.2 Å². The Bertz CT molecular complexity index is 545. The Morgan fingerprint density at radius 3 is 2.55 bits per heavy atom. The van der Waals surface area contributed by atoms with Crippen molar-refractivity contribution >= 4 is 16.0 Å². The molecule has 0 bridgehead atoms. The number of sulfonamides is 1. The molecule has 0 saturated carbocycles. The molecular weight excluding hydrogens is 278 g/mol. The molecule has 1 fully saturated rings. The number of aromatic nitrogens is 2. The molecule has 0 radical (unpaired) electrons. The lowest BCUT2D eigenvalue weighted by Gasteiger charge is -2.26. The van der Waals surface area contributed by atoms with Crippen molar-refractivity contribution < 1.29 is 8.42 Å². The average molecular weight is 299 g/mol. The summed E-state index contributed by atoms with van der Waals surface area (Å²) in [5, 5.41) is 2.77. The molecule has 1 aliphatic heterocycles. The Morgan fingerprint density at radius 2 is 1.95 bits per heavy atom. The van der Waals surface area contributed by atoms with Gasteiger partial charge in [-0.25, -0.2) is 18.4 Å². The minimum atomic E-state index is -3.53. The van der Waals surface area contributed by atoms with Crippen LogP contribution in [0.4, 0.5) is 5.95 Å². The fraction of sp³-hybridized carbons (Fsp3) is 0.667. The molecule has 112 valence electrons. The Hall–Kier alpha value is -1.25. The van der Waals surface area contributed by atoms with Gasteiger partial charge in [0.05, 0.1) is 12.4 Å². The van der Waals surface area contributed by atoms with E-state index >= 15 is 0 Å². The molecular formula is C12H21N5O2S. The van der Waals surface area contributed by atoms with Crippen molar-refractivity contribution in [2.24, 2.45) is 0 Å². The highest BCUT2D eigenvalue weighted by Gasteiger charge is 2.31. The van der Waals surface area contributed by atoms with E-state index in [1.165, 1.54) is 12.4 Å². The Labute approximate surface area is 120 Å². The van der Waals surface area contributed by atoms with Crippen LogP contribution in [0.3, 0.4) is 0 Å². The predicted molar refractivity (Wildman–Crippen MR) is 77.0 cm³/mol. The second kappa shape index (κ2) is 6.02. The maximum atomic E-state index is 12.7. The zero-order chi connectivity index (χ0) is 14.8. The summed E-state index contributed by atoms with van der Waals surface area (Å²) in [5.74, 6) is 0.410. The SMILES string of the molecule is CNc1ncc(S(=O)(=O)N2CCCN(C)CC2C)cn1. The van der Waals surface area contributed by atoms with Gasteiger partial charge in [-0.2, -0.15) is 4.31 Å². The Kier molecular flexibility index (Phi) is 4.56. The molecule has 1 atom stereocenters. The van der Waals surface area contributed by atoms with Crippen molar-refractivity contribution in [3.63, 3.8) is 0 Å². The number of nitrogens with one attached hydrogen (secondary N) is 1. The number of rotatable bonds is 3. The zero-order valence-electron chi connectivity index (χ0n) is 12.1. The summed E-state index contributed by atoms with van der Waals surface area (Å²) in [6.07, 6.45) is 3.54. The quantitative estimate of drug-likeness (QED) is 0.861. The minimum absolute atomic E-state index is 0.0588. The van der Waals surface area contributed by atoms with E-state index in [1.54, 1.807) is 11.4 Å². The normalized spacial score (nSPS) is 22.4. The highest BCUT2D eigenvalue weighted by atomic mass is 32.2. The van der Waals surface area contributed by atoms with Gasteiger partial charge in [-0.15, -0.1) is 0 Å². The van der Waals surface area contributed by atoms with Crippen LogP contribution >= 0.6 is 0 Å². The van der Waals surface area contributed by atoms with Crippen LogP contribution in [-0.4, -0.2) is 67.4 Å². The van der Waals surface area contributed by atoms with Crippen LogP contribution in [0.15, 0.2) is 17.3 Å². The Morgan fingerprint density at radius 1 is 1.30 bits per heavy atom. The van der Waals surface area contributed by atoms with Gasteiger partial charge >= 0.3 is 0 Å². The second-order valence-electron chi connectivity index (χ2n) is 5.07. The van der Waals surface area contributed by atoms with Crippen LogP contribution in [0.2, 0.25) is 0 Å². The molecule has 1 aromatic rings. The molecule has 0 aliphatic carbocycles. The van der Waals surface area contributed by atoms with Crippen LogP contribution in [0.25, 0.3) is 0 Å². The molecule has 20 heavy (non-hydrogen) atoms. The van der Waals surface area contributed by atoms with Gasteiger partial charge in [-0.3, -0.25) is 0 Å². The van der Waals surface area contributed by atoms with E-state index in [4.69, 9.17) is 0 Å². The highest BCUT2D eigenvalue weighted by molar-refractivity contribution is 7.89. The summed E-state index contributed by atoms with van der Waals surface area (Å²) in [5.41, 5.74) is 0. The summed E-state index contributed by atoms with van der Waals surface area (Å²) in [7, 11) is 0.173. The maximum absolute atomic E-state index is 12.7. The third-order valence-corrected chi connectivity index (χ3v) is 5.41. The van der Waals surface area contributed by atoms with E-state index in [0.29, 0.717) is 12.5 Å². The topological polar surface area (TPSA) is 78.4 Å². The summed E-state index contributed by atoms with van der Waals surface area (Å²) in [4.78, 5) is 10.3. The molecule has 2 rings (SSSR count). The van der Waals surface area contributed by atoms with E-state index in [9.17, 15) is 8.42 Å². The van der Waals surface area contributed by atoms with Crippen molar-refractivity contribution in [2.45, 2.75) is 24.3 Å². The molecule has 1 aliphatic rings. The van der Waals surface area contributed by atoms with Crippen molar-refractivity contribution in [3.8, 4) is 0 Å². The fourth-order valence-corrected chi connectivity index (χ4v) is 3.97. The molecule has 1 unspecified atom stereocenters. The third kappa shape index (κ3) is 3.08. The van der Waals surface area contributed by atoms with Crippen molar-refractivity contribution in [1.29, 1.82) is 0 Å². The summed E-state index contributed by atoms with van der Waals surface area (Å²) < 4.78 is 26.9. The van der Waals surface area contributed by atoms with Gasteiger partial charge in [0.2, 0.25) is 16.0 Å². The lowest BCUT2D eigenvalue weighted by molar-refractivity contribution is 0.290. The average Bonchev–Trinajstić information content (AvgIpc) is 2.59. The summed E-state index contributed by atoms with van der Waals surface area (Å²) in [6.45, 7) is 4.10. The van der Waals surface area contributed by atoms with Gasteiger partial charge < -0.3 is 10.2 Å². The molecule has 0 amide bonds. The van der Waals surface area contributed by atoms with Crippen molar-refractivity contribution in [3.05, 3.63) is 12.4 Å². The fourth-order valence-electron chi connectivity index (χ4n) is 2.42. The zero-order valence-corrected chi connectivity index (χ0v) is 12.9. The van der Waals surface area contributed by atoms with Crippen molar-refractivity contribution in [2.75, 3.05) is 39.0 Å². The van der Waals surface area contributed by atoms with Gasteiger partial charge in [-0.05, 0) is 26.9 Å². The van der Waals surface area contributed by atoms with Crippen LogP contribution in [0.5, 0.6) is 0 Å². The first-order valence-corrected chi connectivity index (χ1v) is 8.09. The monoisotopic (exact) mass is 299 g/mol. The van der Waals surface area contributed by atoms with E-state index in [0.717, 1.165) is 19.5 Å². The molecule has 0 aromatic carbocycles. The largest absolute Gasteiger partial charge is 0.357 e. The summed E-state index contributed by atoms with van der Waals surface area (Å²) >= 11 is 0. The molecule has 1 aromatic heterocycles. The number of hydrogen-bond acceptors (Lipinski definition) is 6. The molecule has 1 saturated heterocycles.